The molecule has 0 spiro atoms. The summed E-state index contributed by atoms with van der Waals surface area (Å²) in [6.07, 6.45) is 10.3. The van der Waals surface area contributed by atoms with Crippen LogP contribution < -0.4 is 0 Å². The number of carbonyl (C=O) groups is 2. The highest BCUT2D eigenvalue weighted by Crippen LogP contribution is 2.34. The zero-order chi connectivity index (χ0) is 19.3. The van der Waals surface area contributed by atoms with Crippen molar-refractivity contribution in [3.63, 3.8) is 0 Å². The summed E-state index contributed by atoms with van der Waals surface area (Å²) >= 11 is 0. The van der Waals surface area contributed by atoms with Crippen molar-refractivity contribution >= 4 is 11.9 Å². The molecule has 4 nitrogen and oxygen atoms in total. The Labute approximate surface area is 157 Å². The van der Waals surface area contributed by atoms with Crippen LogP contribution in [0.3, 0.4) is 0 Å². The molecule has 2 rings (SSSR count). The molecule has 0 aliphatic carbocycles. The third kappa shape index (κ3) is 5.33. The lowest BCUT2D eigenvalue weighted by molar-refractivity contribution is -0.181. The van der Waals surface area contributed by atoms with Crippen molar-refractivity contribution in [2.45, 2.75) is 84.8 Å². The molecular weight excluding hydrogens is 328 g/mol. The highest BCUT2D eigenvalue weighted by molar-refractivity contribution is 5.89. The Hall–Kier alpha value is -1.84. The summed E-state index contributed by atoms with van der Waals surface area (Å²) in [5, 5.41) is 0. The summed E-state index contributed by atoms with van der Waals surface area (Å²) in [6.45, 7) is 9.76. The summed E-state index contributed by atoms with van der Waals surface area (Å²) in [5.41, 5.74) is 2.52. The van der Waals surface area contributed by atoms with E-state index in [2.05, 4.69) is 32.9 Å². The second kappa shape index (κ2) is 8.70. The molecule has 4 heteroatoms. The number of allylic oxidation sites excluding steroid dienone is 5. The lowest BCUT2D eigenvalue weighted by atomic mass is 9.88. The van der Waals surface area contributed by atoms with Gasteiger partial charge in [-0.15, -0.1) is 0 Å². The Morgan fingerprint density at radius 1 is 1.27 bits per heavy atom. The number of fused-ring (bicyclic) bond motifs is 3. The Balaban J connectivity index is 2.38. The van der Waals surface area contributed by atoms with Gasteiger partial charge in [-0.05, 0) is 58.3 Å². The number of hydrogen-bond acceptors (Lipinski definition) is 4. The predicted octanol–water partition coefficient (Wildman–Crippen LogP) is 5.04. The van der Waals surface area contributed by atoms with Crippen molar-refractivity contribution in [1.82, 2.24) is 0 Å². The Morgan fingerprint density at radius 2 is 2.00 bits per heavy atom. The van der Waals surface area contributed by atoms with Gasteiger partial charge in [0.1, 0.15) is 11.7 Å². The van der Waals surface area contributed by atoms with Crippen molar-refractivity contribution < 1.29 is 19.1 Å². The minimum atomic E-state index is -0.788. The number of carbonyl (C=O) groups excluding carboxylic acids is 2. The molecule has 0 amide bonds. The van der Waals surface area contributed by atoms with Crippen molar-refractivity contribution in [2.75, 3.05) is 0 Å². The summed E-state index contributed by atoms with van der Waals surface area (Å²) < 4.78 is 11.5. The number of ether oxygens (including phenoxy) is 2. The predicted molar refractivity (Wildman–Crippen MR) is 103 cm³/mol. The molecule has 0 saturated heterocycles. The fraction of sp³-hybridized carbons (Fsp3) is 0.636. The molecule has 144 valence electrons. The van der Waals surface area contributed by atoms with E-state index in [1.807, 2.05) is 13.0 Å². The maximum Gasteiger partial charge on any atom is 0.334 e. The second-order valence-electron chi connectivity index (χ2n) is 8.02. The first-order chi connectivity index (χ1) is 12.2. The van der Waals surface area contributed by atoms with Gasteiger partial charge >= 0.3 is 11.9 Å². The van der Waals surface area contributed by atoms with E-state index in [9.17, 15) is 9.59 Å². The third-order valence-corrected chi connectivity index (χ3v) is 5.42. The van der Waals surface area contributed by atoms with Crippen LogP contribution in [-0.4, -0.2) is 23.6 Å². The monoisotopic (exact) mass is 360 g/mol. The minimum absolute atomic E-state index is 0.269. The maximum atomic E-state index is 12.7. The standard InChI is InChI=1S/C22H32O4/c1-15(2)18-10-8-16(3)9-13-20(25-17(4)23)22(5)14-6-7-19(12-11-18)21(24)26-22/h7-8,10,15,20H,6,9,11-14H2,1-5H3/b16-8+,18-10?/t20-,22+/m1/s1. The summed E-state index contributed by atoms with van der Waals surface area (Å²) in [7, 11) is 0. The van der Waals surface area contributed by atoms with Crippen LogP contribution in [0.4, 0.5) is 0 Å². The van der Waals surface area contributed by atoms with Gasteiger partial charge in [-0.25, -0.2) is 4.79 Å². The van der Waals surface area contributed by atoms with E-state index >= 15 is 0 Å². The molecular formula is C22H32O4. The van der Waals surface area contributed by atoms with E-state index in [-0.39, 0.29) is 11.9 Å². The topological polar surface area (TPSA) is 52.6 Å². The second-order valence-corrected chi connectivity index (χ2v) is 8.02. The largest absolute Gasteiger partial charge is 0.458 e. The van der Waals surface area contributed by atoms with Crippen LogP contribution in [0, 0.1) is 5.92 Å². The Kier molecular flexibility index (Phi) is 6.85. The molecule has 0 aromatic rings. The highest BCUT2D eigenvalue weighted by Gasteiger charge is 2.41. The van der Waals surface area contributed by atoms with Gasteiger partial charge in [-0.2, -0.15) is 0 Å². The lowest BCUT2D eigenvalue weighted by Crippen LogP contribution is -2.45. The molecule has 2 atom stereocenters. The normalized spacial score (nSPS) is 29.8. The van der Waals surface area contributed by atoms with Gasteiger partial charge < -0.3 is 9.47 Å². The summed E-state index contributed by atoms with van der Waals surface area (Å²) in [4.78, 5) is 24.3. The van der Waals surface area contributed by atoms with Gasteiger partial charge in [0, 0.05) is 12.5 Å². The molecule has 2 heterocycles. The minimum Gasteiger partial charge on any atom is -0.458 e. The zero-order valence-electron chi connectivity index (χ0n) is 16.8. The van der Waals surface area contributed by atoms with Crippen molar-refractivity contribution in [1.29, 1.82) is 0 Å². The fourth-order valence-electron chi connectivity index (χ4n) is 3.60. The SMILES string of the molecule is CC(=O)O[C@@H]1CC/C(C)=C/C=C(C(C)C)CCC2=CCC[C@]1(C)OC2=O. The summed E-state index contributed by atoms with van der Waals surface area (Å²) in [5.74, 6) is -0.169. The van der Waals surface area contributed by atoms with Gasteiger partial charge in [0.25, 0.3) is 0 Å². The van der Waals surface area contributed by atoms with E-state index in [4.69, 9.17) is 9.47 Å². The maximum absolute atomic E-state index is 12.7. The smallest absolute Gasteiger partial charge is 0.334 e. The lowest BCUT2D eigenvalue weighted by Gasteiger charge is -2.35. The molecule has 0 aromatic carbocycles. The van der Waals surface area contributed by atoms with Crippen LogP contribution in [0.5, 0.6) is 0 Å². The van der Waals surface area contributed by atoms with Gasteiger partial charge in [0.15, 0.2) is 0 Å². The van der Waals surface area contributed by atoms with Gasteiger partial charge in [-0.1, -0.05) is 43.2 Å². The molecule has 0 saturated carbocycles. The average molecular weight is 360 g/mol. The highest BCUT2D eigenvalue weighted by atomic mass is 16.6. The first-order valence-corrected chi connectivity index (χ1v) is 9.67. The quantitative estimate of drug-likeness (QED) is 0.647. The third-order valence-electron chi connectivity index (χ3n) is 5.42. The molecule has 0 unspecified atom stereocenters. The van der Waals surface area contributed by atoms with Crippen LogP contribution in [0.1, 0.15) is 73.1 Å². The van der Waals surface area contributed by atoms with Crippen LogP contribution in [-0.2, 0) is 19.1 Å². The van der Waals surface area contributed by atoms with Crippen molar-refractivity contribution in [3.8, 4) is 0 Å². The molecule has 0 N–H and O–H groups in total. The van der Waals surface area contributed by atoms with Crippen LogP contribution in [0.25, 0.3) is 0 Å². The molecule has 26 heavy (non-hydrogen) atoms. The van der Waals surface area contributed by atoms with E-state index < -0.39 is 11.7 Å². The molecule has 0 fully saturated rings. The Bertz CT molecular complexity index is 639. The van der Waals surface area contributed by atoms with Gasteiger partial charge in [0.2, 0.25) is 0 Å². The average Bonchev–Trinajstić information content (AvgIpc) is 2.68. The molecule has 0 aromatic heterocycles. The zero-order valence-corrected chi connectivity index (χ0v) is 16.8. The van der Waals surface area contributed by atoms with E-state index in [0.717, 1.165) is 24.8 Å². The van der Waals surface area contributed by atoms with Crippen molar-refractivity contribution in [3.05, 3.63) is 34.9 Å². The Morgan fingerprint density at radius 3 is 2.65 bits per heavy atom. The summed E-state index contributed by atoms with van der Waals surface area (Å²) in [6, 6.07) is 0. The first-order valence-electron chi connectivity index (χ1n) is 9.67. The van der Waals surface area contributed by atoms with Crippen molar-refractivity contribution in [2.24, 2.45) is 5.92 Å². The van der Waals surface area contributed by atoms with E-state index in [0.29, 0.717) is 25.2 Å². The number of esters is 2. The molecule has 2 aliphatic heterocycles. The van der Waals surface area contributed by atoms with Gasteiger partial charge in [-0.3, -0.25) is 4.79 Å². The van der Waals surface area contributed by atoms with E-state index in [1.165, 1.54) is 18.1 Å². The first kappa shape index (κ1) is 20.5. The van der Waals surface area contributed by atoms with Crippen LogP contribution in [0.15, 0.2) is 34.9 Å². The molecule has 2 aliphatic rings. The number of hydrogen-bond donors (Lipinski definition) is 0. The molecule has 0 radical (unpaired) electrons. The van der Waals surface area contributed by atoms with Gasteiger partial charge in [0.05, 0.1) is 0 Å². The fourth-order valence-corrected chi connectivity index (χ4v) is 3.60. The van der Waals surface area contributed by atoms with Crippen LogP contribution in [0.2, 0.25) is 0 Å². The number of rotatable bonds is 2. The van der Waals surface area contributed by atoms with Crippen LogP contribution >= 0.6 is 0 Å². The molecule has 2 bridgehead atoms. The van der Waals surface area contributed by atoms with E-state index in [1.54, 1.807) is 0 Å².